The van der Waals surface area contributed by atoms with Gasteiger partial charge in [-0.15, -0.1) is 0 Å². The lowest BCUT2D eigenvalue weighted by atomic mass is 10.4. The van der Waals surface area contributed by atoms with Crippen molar-refractivity contribution >= 4 is 11.2 Å². The minimum atomic E-state index is -4.75. The van der Waals surface area contributed by atoms with Crippen molar-refractivity contribution in [2.45, 2.75) is 12.4 Å². The van der Waals surface area contributed by atoms with Crippen molar-refractivity contribution in [3.8, 4) is 0 Å². The second kappa shape index (κ2) is 2.96. The van der Waals surface area contributed by atoms with Gasteiger partial charge in [-0.05, 0) is 0 Å². The molecule has 0 saturated carbocycles. The van der Waals surface area contributed by atoms with Crippen LogP contribution < -0.4 is 0 Å². The molecule has 0 saturated heterocycles. The Hall–Kier alpha value is -1.60. The molecule has 2 heterocycles. The normalized spacial score (nSPS) is 13.6. The minimum Gasteiger partial charge on any atom is -0.448 e. The first-order valence-electron chi connectivity index (χ1n) is 3.86. The topological polar surface area (TPSA) is 26.3 Å². The van der Waals surface area contributed by atoms with Crippen LogP contribution >= 0.6 is 0 Å². The van der Waals surface area contributed by atoms with E-state index >= 15 is 0 Å². The van der Waals surface area contributed by atoms with Crippen LogP contribution in [0.3, 0.4) is 0 Å². The summed E-state index contributed by atoms with van der Waals surface area (Å²) < 4.78 is 80.9. The van der Waals surface area contributed by atoms with Gasteiger partial charge in [-0.2, -0.15) is 26.3 Å². The van der Waals surface area contributed by atoms with Gasteiger partial charge in [0.25, 0.3) is 0 Å². The summed E-state index contributed by atoms with van der Waals surface area (Å²) in [6, 6.07) is 0.759. The Labute approximate surface area is 83.4 Å². The van der Waals surface area contributed by atoms with Gasteiger partial charge in [0.05, 0.1) is 0 Å². The fourth-order valence-electron chi connectivity index (χ4n) is 1.12. The predicted octanol–water partition coefficient (Wildman–Crippen LogP) is 4.06. The third-order valence-electron chi connectivity index (χ3n) is 1.77. The zero-order valence-electron chi connectivity index (χ0n) is 7.24. The highest BCUT2D eigenvalue weighted by Crippen LogP contribution is 2.38. The molecule has 0 aromatic carbocycles. The Kier molecular flexibility index (Phi) is 2.01. The highest BCUT2D eigenvalue weighted by atomic mass is 19.4. The van der Waals surface area contributed by atoms with E-state index in [4.69, 9.17) is 0 Å². The molecule has 2 rings (SSSR count). The van der Waals surface area contributed by atoms with Crippen LogP contribution in [0.15, 0.2) is 21.0 Å². The van der Waals surface area contributed by atoms with Crippen molar-refractivity contribution < 1.29 is 35.2 Å². The van der Waals surface area contributed by atoms with Crippen molar-refractivity contribution in [1.82, 2.24) is 0 Å². The molecule has 2 nitrogen and oxygen atoms in total. The molecule has 0 N–H and O–H groups in total. The zero-order valence-corrected chi connectivity index (χ0v) is 7.24. The lowest BCUT2D eigenvalue weighted by molar-refractivity contribution is -0.153. The third kappa shape index (κ3) is 1.74. The molecule has 8 heteroatoms. The first-order chi connectivity index (χ1) is 7.18. The number of alkyl halides is 6. The number of hydrogen-bond acceptors (Lipinski definition) is 2. The van der Waals surface area contributed by atoms with Gasteiger partial charge in [0, 0.05) is 12.1 Å². The second-order valence-corrected chi connectivity index (χ2v) is 2.95. The van der Waals surface area contributed by atoms with Crippen LogP contribution in [-0.2, 0) is 12.4 Å². The van der Waals surface area contributed by atoms with Crippen LogP contribution in [0.25, 0.3) is 11.2 Å². The lowest BCUT2D eigenvalue weighted by Crippen LogP contribution is -2.03. The van der Waals surface area contributed by atoms with Crippen molar-refractivity contribution in [3.63, 3.8) is 0 Å². The standard InChI is InChI=1S/C8H2F6O2/c9-7(10,11)5-1-3-4(16-5)2-6(15-3)8(12,13)14/h1-2H. The first kappa shape index (κ1) is 10.9. The third-order valence-corrected chi connectivity index (χ3v) is 1.77. The van der Waals surface area contributed by atoms with Crippen molar-refractivity contribution in [2.75, 3.05) is 0 Å². The van der Waals surface area contributed by atoms with E-state index in [9.17, 15) is 26.3 Å². The van der Waals surface area contributed by atoms with E-state index in [0.29, 0.717) is 12.1 Å². The van der Waals surface area contributed by atoms with Crippen LogP contribution in [0.5, 0.6) is 0 Å². The lowest BCUT2D eigenvalue weighted by Gasteiger charge is -2.00. The van der Waals surface area contributed by atoms with Gasteiger partial charge in [-0.25, -0.2) is 0 Å². The highest BCUT2D eigenvalue weighted by Gasteiger charge is 2.39. The van der Waals surface area contributed by atoms with Gasteiger partial charge in [-0.1, -0.05) is 0 Å². The van der Waals surface area contributed by atoms with Crippen LogP contribution in [0, 0.1) is 0 Å². The van der Waals surface area contributed by atoms with E-state index in [0.717, 1.165) is 0 Å². The number of furan rings is 2. The monoisotopic (exact) mass is 244 g/mol. The average Bonchev–Trinajstić information content (AvgIpc) is 2.53. The van der Waals surface area contributed by atoms with Crippen LogP contribution in [0.2, 0.25) is 0 Å². The Morgan fingerprint density at radius 3 is 1.25 bits per heavy atom. The average molecular weight is 244 g/mol. The van der Waals surface area contributed by atoms with Crippen molar-refractivity contribution in [1.29, 1.82) is 0 Å². The largest absolute Gasteiger partial charge is 0.449 e. The van der Waals surface area contributed by atoms with Crippen molar-refractivity contribution in [3.05, 3.63) is 23.7 Å². The number of rotatable bonds is 0. The molecule has 0 aliphatic heterocycles. The Morgan fingerprint density at radius 2 is 1.00 bits per heavy atom. The maximum absolute atomic E-state index is 12.1. The Balaban J connectivity index is 2.49. The van der Waals surface area contributed by atoms with E-state index < -0.39 is 35.0 Å². The van der Waals surface area contributed by atoms with E-state index in [-0.39, 0.29) is 0 Å². The Morgan fingerprint density at radius 1 is 0.688 bits per heavy atom. The van der Waals surface area contributed by atoms with E-state index in [1.54, 1.807) is 0 Å². The molecule has 0 aliphatic carbocycles. The molecule has 0 aliphatic rings. The van der Waals surface area contributed by atoms with Crippen LogP contribution in [0.4, 0.5) is 26.3 Å². The summed E-state index contributed by atoms with van der Waals surface area (Å²) >= 11 is 0. The van der Waals surface area contributed by atoms with Gasteiger partial charge in [0.1, 0.15) is 0 Å². The summed E-state index contributed by atoms with van der Waals surface area (Å²) in [6.45, 7) is 0. The van der Waals surface area contributed by atoms with E-state index in [1.165, 1.54) is 0 Å². The SMILES string of the molecule is FC(F)(F)c1cc2oc(C(F)(F)F)cc2o1. The van der Waals surface area contributed by atoms with Gasteiger partial charge >= 0.3 is 12.4 Å². The molecule has 0 radical (unpaired) electrons. The number of fused-ring (bicyclic) bond motifs is 1. The maximum Gasteiger partial charge on any atom is 0.449 e. The fraction of sp³-hybridized carbons (Fsp3) is 0.250. The maximum atomic E-state index is 12.1. The second-order valence-electron chi connectivity index (χ2n) is 2.95. The van der Waals surface area contributed by atoms with Gasteiger partial charge in [0.2, 0.25) is 11.5 Å². The molecule has 0 unspecified atom stereocenters. The molecule has 0 amide bonds. The van der Waals surface area contributed by atoms with E-state index in [2.05, 4.69) is 8.83 Å². The first-order valence-corrected chi connectivity index (χ1v) is 3.86. The molecular formula is C8H2F6O2. The fourth-order valence-corrected chi connectivity index (χ4v) is 1.12. The summed E-state index contributed by atoms with van der Waals surface area (Å²) in [7, 11) is 0. The Bertz CT molecular complexity index is 440. The number of hydrogen-bond donors (Lipinski definition) is 0. The summed E-state index contributed by atoms with van der Waals surface area (Å²) in [5, 5.41) is 0. The molecule has 0 atom stereocenters. The van der Waals surface area contributed by atoms with Gasteiger partial charge < -0.3 is 8.83 Å². The van der Waals surface area contributed by atoms with Crippen LogP contribution in [0.1, 0.15) is 11.5 Å². The van der Waals surface area contributed by atoms with Crippen molar-refractivity contribution in [2.24, 2.45) is 0 Å². The van der Waals surface area contributed by atoms with Gasteiger partial charge in [0.15, 0.2) is 11.2 Å². The number of halogens is 6. The zero-order chi connectivity index (χ0) is 12.1. The summed E-state index contributed by atoms with van der Waals surface area (Å²) in [5.74, 6) is -2.79. The summed E-state index contributed by atoms with van der Waals surface area (Å²) in [5.41, 5.74) is -1.17. The summed E-state index contributed by atoms with van der Waals surface area (Å²) in [4.78, 5) is 0. The molecular weight excluding hydrogens is 242 g/mol. The van der Waals surface area contributed by atoms with Crippen LogP contribution in [-0.4, -0.2) is 0 Å². The molecule has 0 spiro atoms. The highest BCUT2D eigenvalue weighted by molar-refractivity contribution is 5.72. The minimum absolute atomic E-state index is 0.380. The quantitative estimate of drug-likeness (QED) is 0.653. The molecule has 0 fully saturated rings. The molecule has 88 valence electrons. The molecule has 2 aromatic heterocycles. The summed E-state index contributed by atoms with van der Waals surface area (Å²) in [6.07, 6.45) is -9.50. The smallest absolute Gasteiger partial charge is 0.448 e. The van der Waals surface area contributed by atoms with Gasteiger partial charge in [-0.3, -0.25) is 0 Å². The van der Waals surface area contributed by atoms with E-state index in [1.807, 2.05) is 0 Å². The molecule has 0 bridgehead atoms. The molecule has 16 heavy (non-hydrogen) atoms. The molecule has 2 aromatic rings. The predicted molar refractivity (Wildman–Crippen MR) is 38.5 cm³/mol.